The van der Waals surface area contributed by atoms with Crippen LogP contribution in [0.3, 0.4) is 0 Å². The summed E-state index contributed by atoms with van der Waals surface area (Å²) in [6, 6.07) is 3.41. The lowest BCUT2D eigenvalue weighted by atomic mass is 9.84. The molecule has 0 bridgehead atoms. The number of rotatable bonds is 5. The van der Waals surface area contributed by atoms with Gasteiger partial charge in [-0.3, -0.25) is 0 Å². The fourth-order valence-corrected chi connectivity index (χ4v) is 5.31. The van der Waals surface area contributed by atoms with Crippen molar-refractivity contribution >= 4 is 27.5 Å². The smallest absolute Gasteiger partial charge is 0.241 e. The van der Waals surface area contributed by atoms with Crippen molar-refractivity contribution in [3.8, 4) is 0 Å². The second-order valence-electron chi connectivity index (χ2n) is 5.55. The fraction of sp³-hybridized carbons (Fsp3) is 0.571. The minimum Gasteiger partial charge on any atom is -0.399 e. The van der Waals surface area contributed by atoms with Gasteiger partial charge in [0.25, 0.3) is 0 Å². The second kappa shape index (κ2) is 5.58. The lowest BCUT2D eigenvalue weighted by molar-refractivity contribution is 0.362. The number of nitrogens with one attached hydrogen (secondary N) is 1. The van der Waals surface area contributed by atoms with Crippen molar-refractivity contribution in [3.05, 3.63) is 23.3 Å². The van der Waals surface area contributed by atoms with Gasteiger partial charge < -0.3 is 5.73 Å². The Kier molecular flexibility index (Phi) is 4.37. The SMILES string of the molecule is CSC1(CNS(=O)(=O)c2c(C)cc(N)cc2C)CCC1. The molecule has 0 radical (unpaired) electrons. The van der Waals surface area contributed by atoms with E-state index in [9.17, 15) is 8.42 Å². The number of thioether (sulfide) groups is 1. The average Bonchev–Trinajstić information content (AvgIpc) is 2.25. The van der Waals surface area contributed by atoms with Crippen LogP contribution in [0.2, 0.25) is 0 Å². The van der Waals surface area contributed by atoms with Gasteiger partial charge in [-0.15, -0.1) is 0 Å². The first-order valence-electron chi connectivity index (χ1n) is 6.71. The number of sulfonamides is 1. The zero-order chi connectivity index (χ0) is 15.0. The van der Waals surface area contributed by atoms with E-state index in [2.05, 4.69) is 4.72 Å². The molecule has 0 aromatic heterocycles. The Morgan fingerprint density at radius 1 is 1.30 bits per heavy atom. The quantitative estimate of drug-likeness (QED) is 0.819. The van der Waals surface area contributed by atoms with Gasteiger partial charge in [-0.1, -0.05) is 6.42 Å². The highest BCUT2D eigenvalue weighted by molar-refractivity contribution is 8.00. The number of hydrogen-bond acceptors (Lipinski definition) is 4. The van der Waals surface area contributed by atoms with Gasteiger partial charge in [0.2, 0.25) is 10.0 Å². The van der Waals surface area contributed by atoms with Crippen molar-refractivity contribution in [2.75, 3.05) is 18.5 Å². The van der Waals surface area contributed by atoms with Gasteiger partial charge in [0, 0.05) is 17.0 Å². The van der Waals surface area contributed by atoms with Crippen LogP contribution >= 0.6 is 11.8 Å². The molecular weight excluding hydrogens is 292 g/mol. The molecule has 0 saturated heterocycles. The van der Waals surface area contributed by atoms with Crippen molar-refractivity contribution in [2.24, 2.45) is 0 Å². The van der Waals surface area contributed by atoms with Crippen LogP contribution < -0.4 is 10.5 Å². The number of nitrogens with two attached hydrogens (primary N) is 1. The van der Waals surface area contributed by atoms with E-state index in [1.54, 1.807) is 37.7 Å². The van der Waals surface area contributed by atoms with Gasteiger partial charge in [0.1, 0.15) is 0 Å². The molecule has 0 atom stereocenters. The summed E-state index contributed by atoms with van der Waals surface area (Å²) in [5.74, 6) is 0. The molecule has 20 heavy (non-hydrogen) atoms. The molecule has 1 aliphatic rings. The molecule has 2 rings (SSSR count). The van der Waals surface area contributed by atoms with Gasteiger partial charge >= 0.3 is 0 Å². The number of benzene rings is 1. The van der Waals surface area contributed by atoms with Crippen molar-refractivity contribution in [3.63, 3.8) is 0 Å². The van der Waals surface area contributed by atoms with E-state index >= 15 is 0 Å². The molecule has 1 aromatic carbocycles. The number of anilines is 1. The van der Waals surface area contributed by atoms with Crippen molar-refractivity contribution < 1.29 is 8.42 Å². The highest BCUT2D eigenvalue weighted by atomic mass is 32.2. The van der Waals surface area contributed by atoms with Crippen LogP contribution in [0.4, 0.5) is 5.69 Å². The minimum atomic E-state index is -3.48. The van der Waals surface area contributed by atoms with E-state index in [1.807, 2.05) is 6.26 Å². The summed E-state index contributed by atoms with van der Waals surface area (Å²) >= 11 is 1.76. The molecular formula is C14H22N2O2S2. The van der Waals surface area contributed by atoms with E-state index in [-0.39, 0.29) is 4.75 Å². The van der Waals surface area contributed by atoms with Crippen LogP contribution in [0, 0.1) is 13.8 Å². The summed E-state index contributed by atoms with van der Waals surface area (Å²) in [7, 11) is -3.48. The minimum absolute atomic E-state index is 0.0860. The molecule has 0 aliphatic heterocycles. The van der Waals surface area contributed by atoms with Crippen LogP contribution in [-0.4, -0.2) is 26.0 Å². The maximum atomic E-state index is 12.5. The second-order valence-corrected chi connectivity index (χ2v) is 8.53. The van der Waals surface area contributed by atoms with Crippen LogP contribution in [0.1, 0.15) is 30.4 Å². The van der Waals surface area contributed by atoms with Gasteiger partial charge in [0.15, 0.2) is 0 Å². The molecule has 0 unspecified atom stereocenters. The Morgan fingerprint density at radius 3 is 2.25 bits per heavy atom. The molecule has 1 saturated carbocycles. The summed E-state index contributed by atoms with van der Waals surface area (Å²) in [6.45, 7) is 4.07. The lowest BCUT2D eigenvalue weighted by Crippen LogP contribution is -2.45. The van der Waals surface area contributed by atoms with Crippen molar-refractivity contribution in [1.29, 1.82) is 0 Å². The third-order valence-electron chi connectivity index (χ3n) is 4.03. The van der Waals surface area contributed by atoms with Crippen LogP contribution in [0.25, 0.3) is 0 Å². The van der Waals surface area contributed by atoms with E-state index in [0.717, 1.165) is 12.8 Å². The fourth-order valence-electron chi connectivity index (χ4n) is 2.73. The molecule has 0 amide bonds. The normalized spacial score (nSPS) is 17.8. The lowest BCUT2D eigenvalue weighted by Gasteiger charge is -2.40. The topological polar surface area (TPSA) is 72.2 Å². The van der Waals surface area contributed by atoms with E-state index < -0.39 is 10.0 Å². The summed E-state index contributed by atoms with van der Waals surface area (Å²) < 4.78 is 27.9. The third-order valence-corrected chi connectivity index (χ3v) is 7.16. The van der Waals surface area contributed by atoms with E-state index in [4.69, 9.17) is 5.73 Å². The predicted molar refractivity (Wildman–Crippen MR) is 85.6 cm³/mol. The zero-order valence-electron chi connectivity index (χ0n) is 12.2. The summed E-state index contributed by atoms with van der Waals surface area (Å²) in [5, 5.41) is 0. The molecule has 3 N–H and O–H groups in total. The molecule has 6 heteroatoms. The summed E-state index contributed by atoms with van der Waals surface area (Å²) in [4.78, 5) is 0.363. The van der Waals surface area contributed by atoms with Gasteiger partial charge in [-0.2, -0.15) is 11.8 Å². The molecule has 1 fully saturated rings. The Labute approximate surface area is 125 Å². The largest absolute Gasteiger partial charge is 0.399 e. The number of nitrogen functional groups attached to an aromatic ring is 1. The van der Waals surface area contributed by atoms with Crippen molar-refractivity contribution in [1.82, 2.24) is 4.72 Å². The molecule has 1 aliphatic carbocycles. The molecule has 4 nitrogen and oxygen atoms in total. The highest BCUT2D eigenvalue weighted by Gasteiger charge is 2.37. The first-order valence-corrected chi connectivity index (χ1v) is 9.42. The first-order chi connectivity index (χ1) is 9.30. The van der Waals surface area contributed by atoms with Gasteiger partial charge in [-0.05, 0) is 56.2 Å². The van der Waals surface area contributed by atoms with Crippen LogP contribution in [-0.2, 0) is 10.0 Å². The highest BCUT2D eigenvalue weighted by Crippen LogP contribution is 2.42. The maximum Gasteiger partial charge on any atom is 0.241 e. The maximum absolute atomic E-state index is 12.5. The zero-order valence-corrected chi connectivity index (χ0v) is 13.8. The Hall–Kier alpha value is -0.720. The average molecular weight is 314 g/mol. The molecule has 0 heterocycles. The molecule has 1 aromatic rings. The Balaban J connectivity index is 2.23. The van der Waals surface area contributed by atoms with E-state index in [1.165, 1.54) is 6.42 Å². The Morgan fingerprint density at radius 2 is 1.85 bits per heavy atom. The number of aryl methyl sites for hydroxylation is 2. The number of hydrogen-bond donors (Lipinski definition) is 2. The summed E-state index contributed by atoms with van der Waals surface area (Å²) in [6.07, 6.45) is 5.39. The van der Waals surface area contributed by atoms with Gasteiger partial charge in [-0.25, -0.2) is 13.1 Å². The van der Waals surface area contributed by atoms with Crippen LogP contribution in [0.15, 0.2) is 17.0 Å². The monoisotopic (exact) mass is 314 g/mol. The van der Waals surface area contributed by atoms with Crippen molar-refractivity contribution in [2.45, 2.75) is 42.8 Å². The van der Waals surface area contributed by atoms with Gasteiger partial charge in [0.05, 0.1) is 4.90 Å². The van der Waals surface area contributed by atoms with Crippen LogP contribution in [0.5, 0.6) is 0 Å². The third kappa shape index (κ3) is 2.97. The Bertz CT molecular complexity index is 579. The molecule has 112 valence electrons. The summed E-state index contributed by atoms with van der Waals surface area (Å²) in [5.41, 5.74) is 7.74. The first kappa shape index (κ1) is 15.7. The standard InChI is InChI=1S/C14H22N2O2S2/c1-10-7-12(15)8-11(2)13(10)20(17,18)16-9-14(19-3)5-4-6-14/h7-8,16H,4-6,9,15H2,1-3H3. The molecule has 0 spiro atoms. The predicted octanol–water partition coefficient (Wildman–Crippen LogP) is 2.45. The van der Waals surface area contributed by atoms with E-state index in [0.29, 0.717) is 28.3 Å².